The van der Waals surface area contributed by atoms with Gasteiger partial charge >= 0.3 is 12.4 Å². The lowest BCUT2D eigenvalue weighted by atomic mass is 10.1. The number of pyridine rings is 1. The number of alkyl halides is 6. The van der Waals surface area contributed by atoms with Gasteiger partial charge < -0.3 is 5.32 Å². The summed E-state index contributed by atoms with van der Waals surface area (Å²) < 4.78 is 110. The van der Waals surface area contributed by atoms with Crippen molar-refractivity contribution < 1.29 is 39.9 Å². The van der Waals surface area contributed by atoms with Gasteiger partial charge in [0.05, 0.1) is 29.0 Å². The zero-order chi connectivity index (χ0) is 27.3. The molecule has 0 aliphatic carbocycles. The number of benzene rings is 2. The molecule has 5 nitrogen and oxygen atoms in total. The number of fused-ring (bicyclic) bond motifs is 1. The van der Waals surface area contributed by atoms with Gasteiger partial charge in [-0.15, -0.1) is 0 Å². The highest BCUT2D eigenvalue weighted by Crippen LogP contribution is 2.37. The Morgan fingerprint density at radius 1 is 1.00 bits per heavy atom. The van der Waals surface area contributed by atoms with Crippen molar-refractivity contribution in [2.45, 2.75) is 25.8 Å². The summed E-state index contributed by atoms with van der Waals surface area (Å²) in [6.45, 7) is 0.613. The van der Waals surface area contributed by atoms with Gasteiger partial charge in [0.2, 0.25) is 0 Å². The van der Waals surface area contributed by atoms with E-state index >= 15 is 0 Å². The predicted octanol–water partition coefficient (Wildman–Crippen LogP) is 7.12. The summed E-state index contributed by atoms with van der Waals surface area (Å²) in [7, 11) is 0. The summed E-state index contributed by atoms with van der Waals surface area (Å²) in [5.41, 5.74) is -5.02. The fourth-order valence-electron chi connectivity index (χ4n) is 3.57. The van der Waals surface area contributed by atoms with Gasteiger partial charge in [0, 0.05) is 21.5 Å². The monoisotopic (exact) mass is 592 g/mol. The van der Waals surface area contributed by atoms with E-state index < -0.39 is 59.1 Å². The van der Waals surface area contributed by atoms with Crippen LogP contribution in [0.3, 0.4) is 0 Å². The van der Waals surface area contributed by atoms with E-state index in [4.69, 9.17) is 0 Å². The first-order chi connectivity index (χ1) is 17.1. The van der Waals surface area contributed by atoms with Crippen molar-refractivity contribution in [2.75, 3.05) is 5.32 Å². The lowest BCUT2D eigenvalue weighted by molar-refractivity contribution is -0.141. The molecule has 2 aromatic heterocycles. The molecule has 14 heteroatoms. The number of hydrogen-bond donors (Lipinski definition) is 1. The van der Waals surface area contributed by atoms with Gasteiger partial charge in [-0.3, -0.25) is 9.48 Å². The summed E-state index contributed by atoms with van der Waals surface area (Å²) in [6, 6.07) is 6.83. The highest BCUT2D eigenvalue weighted by Gasteiger charge is 2.40. The van der Waals surface area contributed by atoms with Crippen LogP contribution in [0.2, 0.25) is 0 Å². The first kappa shape index (κ1) is 26.5. The van der Waals surface area contributed by atoms with E-state index in [1.54, 1.807) is 0 Å². The smallest absolute Gasteiger partial charge is 0.319 e. The largest absolute Gasteiger partial charge is 0.437 e. The molecule has 1 amide bonds. The van der Waals surface area contributed by atoms with E-state index in [2.05, 4.69) is 26.0 Å². The van der Waals surface area contributed by atoms with Crippen molar-refractivity contribution in [3.8, 4) is 0 Å². The minimum Gasteiger partial charge on any atom is -0.319 e. The van der Waals surface area contributed by atoms with Crippen LogP contribution >= 0.6 is 15.9 Å². The van der Waals surface area contributed by atoms with E-state index in [-0.39, 0.29) is 22.2 Å². The lowest BCUT2D eigenvalue weighted by Crippen LogP contribution is -2.18. The van der Waals surface area contributed by atoms with E-state index in [9.17, 15) is 39.9 Å². The Hall–Kier alpha value is -3.55. The van der Waals surface area contributed by atoms with E-state index in [0.717, 1.165) is 23.7 Å². The normalized spacial score (nSPS) is 12.3. The van der Waals surface area contributed by atoms with Crippen molar-refractivity contribution in [1.82, 2.24) is 14.8 Å². The third-order valence-corrected chi connectivity index (χ3v) is 5.85. The molecule has 0 saturated heterocycles. The number of rotatable bonds is 4. The molecule has 0 spiro atoms. The Bertz CT molecular complexity index is 1530. The van der Waals surface area contributed by atoms with Crippen molar-refractivity contribution in [3.63, 3.8) is 0 Å². The third-order valence-electron chi connectivity index (χ3n) is 5.35. The molecule has 4 rings (SSSR count). The van der Waals surface area contributed by atoms with Crippen LogP contribution in [0.25, 0.3) is 10.9 Å². The molecule has 0 bridgehead atoms. The molecule has 37 heavy (non-hydrogen) atoms. The standard InChI is InChI=1S/C23H13BrF8N4O/c1-10-19(20(23(30,31)32)35-36(10)9-11-2-4-13(25)7-16(11)26)34-21(37)15-8-18(22(27,28)29)33-17-5-3-12(24)6-14(15)17/h2-8H,9H2,1H3,(H,34,37). The van der Waals surface area contributed by atoms with Gasteiger partial charge in [0.25, 0.3) is 5.91 Å². The maximum atomic E-state index is 14.1. The van der Waals surface area contributed by atoms with E-state index in [1.165, 1.54) is 18.2 Å². The first-order valence-electron chi connectivity index (χ1n) is 10.2. The summed E-state index contributed by atoms with van der Waals surface area (Å²) in [6.07, 6.45) is -10.0. The maximum absolute atomic E-state index is 14.1. The number of aromatic nitrogens is 3. The van der Waals surface area contributed by atoms with Gasteiger partial charge in [-0.2, -0.15) is 31.4 Å². The Balaban J connectivity index is 1.80. The van der Waals surface area contributed by atoms with E-state index in [1.807, 2.05) is 5.32 Å². The van der Waals surface area contributed by atoms with Crippen molar-refractivity contribution in [3.05, 3.63) is 86.8 Å². The number of halogens is 9. The Morgan fingerprint density at radius 2 is 1.70 bits per heavy atom. The van der Waals surface area contributed by atoms with Crippen LogP contribution < -0.4 is 5.32 Å². The SMILES string of the molecule is Cc1c(NC(=O)c2cc(C(F)(F)F)nc3ccc(Br)cc23)c(C(F)(F)F)nn1Cc1ccc(F)cc1F. The minimum absolute atomic E-state index is 0.0492. The molecule has 2 aromatic carbocycles. The molecule has 0 aliphatic rings. The molecule has 0 unspecified atom stereocenters. The van der Waals surface area contributed by atoms with Crippen LogP contribution in [0.4, 0.5) is 40.8 Å². The zero-order valence-corrected chi connectivity index (χ0v) is 20.0. The van der Waals surface area contributed by atoms with Crippen molar-refractivity contribution in [2.24, 2.45) is 0 Å². The summed E-state index contributed by atoms with van der Waals surface area (Å²) >= 11 is 3.14. The fourth-order valence-corrected chi connectivity index (χ4v) is 3.93. The number of anilines is 1. The Labute approximate surface area is 211 Å². The van der Waals surface area contributed by atoms with Crippen LogP contribution in [0.1, 0.15) is 33.0 Å². The van der Waals surface area contributed by atoms with Gasteiger partial charge in [0.15, 0.2) is 5.69 Å². The van der Waals surface area contributed by atoms with Crippen LogP contribution in [-0.2, 0) is 18.9 Å². The summed E-state index contributed by atoms with van der Waals surface area (Å²) in [4.78, 5) is 16.6. The Morgan fingerprint density at radius 3 is 2.32 bits per heavy atom. The molecule has 0 fully saturated rings. The fraction of sp³-hybridized carbons (Fsp3) is 0.174. The average molecular weight is 593 g/mol. The molecule has 0 radical (unpaired) electrons. The van der Waals surface area contributed by atoms with Crippen molar-refractivity contribution >= 4 is 38.4 Å². The highest BCUT2D eigenvalue weighted by molar-refractivity contribution is 9.10. The molecule has 194 valence electrons. The number of carbonyl (C=O) groups is 1. The van der Waals surface area contributed by atoms with Gasteiger partial charge in [-0.05, 0) is 37.3 Å². The molecular weight excluding hydrogens is 580 g/mol. The van der Waals surface area contributed by atoms with Gasteiger partial charge in [0.1, 0.15) is 17.3 Å². The molecule has 0 aliphatic heterocycles. The molecule has 1 N–H and O–H groups in total. The number of amides is 1. The summed E-state index contributed by atoms with van der Waals surface area (Å²) in [5, 5.41) is 5.40. The quantitative estimate of drug-likeness (QED) is 0.257. The topological polar surface area (TPSA) is 59.8 Å². The second kappa shape index (κ2) is 9.39. The number of nitrogens with zero attached hydrogens (tertiary/aromatic N) is 3. The summed E-state index contributed by atoms with van der Waals surface area (Å²) in [5.74, 6) is -3.20. The zero-order valence-electron chi connectivity index (χ0n) is 18.4. The first-order valence-corrected chi connectivity index (χ1v) is 11.0. The molecule has 2 heterocycles. The number of hydrogen-bond acceptors (Lipinski definition) is 3. The lowest BCUT2D eigenvalue weighted by Gasteiger charge is -2.13. The average Bonchev–Trinajstić information content (AvgIpc) is 3.09. The predicted molar refractivity (Wildman–Crippen MR) is 120 cm³/mol. The van der Waals surface area contributed by atoms with Crippen LogP contribution in [-0.4, -0.2) is 20.7 Å². The molecule has 0 saturated carbocycles. The molecular formula is C23H13BrF8N4O. The Kier molecular flexibility index (Phi) is 6.73. The molecule has 0 atom stereocenters. The number of nitrogens with one attached hydrogen (secondary N) is 1. The van der Waals surface area contributed by atoms with Gasteiger partial charge in [-0.25, -0.2) is 13.8 Å². The second-order valence-electron chi connectivity index (χ2n) is 7.87. The number of carbonyl (C=O) groups excluding carboxylic acids is 1. The third kappa shape index (κ3) is 5.43. The minimum atomic E-state index is -5.08. The van der Waals surface area contributed by atoms with E-state index in [0.29, 0.717) is 16.6 Å². The highest BCUT2D eigenvalue weighted by atomic mass is 79.9. The van der Waals surface area contributed by atoms with Gasteiger partial charge in [-0.1, -0.05) is 22.0 Å². The van der Waals surface area contributed by atoms with Crippen LogP contribution in [0.15, 0.2) is 46.9 Å². The maximum Gasteiger partial charge on any atom is 0.437 e. The van der Waals surface area contributed by atoms with Crippen LogP contribution in [0.5, 0.6) is 0 Å². The van der Waals surface area contributed by atoms with Crippen molar-refractivity contribution in [1.29, 1.82) is 0 Å². The van der Waals surface area contributed by atoms with Crippen LogP contribution in [0, 0.1) is 18.6 Å². The molecule has 4 aromatic rings. The second-order valence-corrected chi connectivity index (χ2v) is 8.78.